The summed E-state index contributed by atoms with van der Waals surface area (Å²) in [5.74, 6) is 0.596. The Morgan fingerprint density at radius 3 is 2.85 bits per heavy atom. The maximum atomic E-state index is 15.0. The Labute approximate surface area is 204 Å². The normalized spacial score (nSPS) is 21.3. The molecule has 0 spiro atoms. The monoisotopic (exact) mass is 589 g/mol. The molecule has 1 saturated heterocycles. The average Bonchev–Trinajstić information content (AvgIpc) is 3.21. The maximum absolute atomic E-state index is 15.0. The number of nitrogens with one attached hydrogen (secondary N) is 3. The number of pyridine rings is 1. The Hall–Kier alpha value is -2.75. The van der Waals surface area contributed by atoms with Gasteiger partial charge in [0.2, 0.25) is 0 Å². The molecule has 2 unspecified atom stereocenters. The third kappa shape index (κ3) is 5.16. The van der Waals surface area contributed by atoms with E-state index in [-0.39, 0.29) is 21.2 Å². The van der Waals surface area contributed by atoms with Gasteiger partial charge in [-0.05, 0) is 0 Å². The molecule has 14 heteroatoms. The quantitative estimate of drug-likeness (QED) is 0.131. The molecular formula is C20H25F3IN10-. The minimum atomic E-state index is -2.58. The molecule has 0 aliphatic carbocycles. The number of rotatable bonds is 8. The molecule has 1 aliphatic heterocycles. The van der Waals surface area contributed by atoms with Crippen LogP contribution in [0.3, 0.4) is 0 Å². The summed E-state index contributed by atoms with van der Waals surface area (Å²) in [4.78, 5) is 10.7. The van der Waals surface area contributed by atoms with Gasteiger partial charge in [-0.2, -0.15) is 0 Å². The second-order valence-electron chi connectivity index (χ2n) is 8.27. The second-order valence-corrected chi connectivity index (χ2v) is 10.9. The number of likely N-dealkylation sites (tertiary alicyclic amines) is 1. The molecule has 3 aromatic heterocycles. The molecule has 3 aromatic rings. The van der Waals surface area contributed by atoms with E-state index >= 15 is 4.39 Å². The number of anilines is 3. The number of aromatic nitrogens is 4. The summed E-state index contributed by atoms with van der Waals surface area (Å²) in [6, 6.07) is 4.88. The van der Waals surface area contributed by atoms with Gasteiger partial charge in [0.1, 0.15) is 0 Å². The predicted octanol–water partition coefficient (Wildman–Crippen LogP) is 0.561. The molecule has 2 atom stereocenters. The van der Waals surface area contributed by atoms with Crippen LogP contribution < -0.4 is 36.1 Å². The Balaban J connectivity index is 1.58. The van der Waals surface area contributed by atoms with Gasteiger partial charge in [-0.25, -0.2) is 8.78 Å². The number of hydrogen-bond donors (Lipinski definition) is 4. The Morgan fingerprint density at radius 1 is 1.35 bits per heavy atom. The number of nitrogens with two attached hydrogens (primary N) is 1. The van der Waals surface area contributed by atoms with Crippen molar-refractivity contribution in [3.05, 3.63) is 24.4 Å². The van der Waals surface area contributed by atoms with Crippen molar-refractivity contribution >= 4 is 28.8 Å². The fraction of sp³-hybridized carbons (Fsp3) is 0.450. The van der Waals surface area contributed by atoms with Crippen molar-refractivity contribution in [3.8, 4) is 11.3 Å². The minimum absolute atomic E-state index is 0.0714. The molecule has 0 radical (unpaired) electrons. The summed E-state index contributed by atoms with van der Waals surface area (Å²) >= 11 is -0.767. The summed E-state index contributed by atoms with van der Waals surface area (Å²) in [5, 5.41) is 10.3. The van der Waals surface area contributed by atoms with Crippen LogP contribution in [0.4, 0.5) is 36.4 Å². The molecule has 4 rings (SSSR count). The first-order valence-electron chi connectivity index (χ1n) is 10.5. The number of hydrogen-bond acceptors (Lipinski definition) is 9. The number of alkyl halides is 4. The van der Waals surface area contributed by atoms with Gasteiger partial charge in [0.05, 0.1) is 0 Å². The van der Waals surface area contributed by atoms with Crippen LogP contribution >= 0.6 is 0 Å². The van der Waals surface area contributed by atoms with E-state index in [0.717, 1.165) is 13.0 Å². The van der Waals surface area contributed by atoms with Crippen molar-refractivity contribution in [2.75, 3.05) is 41.3 Å². The SMILES string of the molecule is CN1CCC([I-]Nc2nc(N)c3c(-c4ccc(N=N)c(NCC(F)F)n4)ccn3n2)C(C)(F)C1. The summed E-state index contributed by atoms with van der Waals surface area (Å²) < 4.78 is 45.0. The average molecular weight is 589 g/mol. The first kappa shape index (κ1) is 24.4. The van der Waals surface area contributed by atoms with Crippen LogP contribution in [0.5, 0.6) is 0 Å². The molecule has 1 aliphatic rings. The van der Waals surface area contributed by atoms with Crippen LogP contribution in [0.2, 0.25) is 0 Å². The van der Waals surface area contributed by atoms with Gasteiger partial charge in [0.25, 0.3) is 0 Å². The van der Waals surface area contributed by atoms with Crippen molar-refractivity contribution < 1.29 is 34.7 Å². The predicted molar refractivity (Wildman–Crippen MR) is 119 cm³/mol. The number of fused-ring (bicyclic) bond motifs is 1. The van der Waals surface area contributed by atoms with Gasteiger partial charge in [-0.3, -0.25) is 0 Å². The van der Waals surface area contributed by atoms with E-state index in [2.05, 4.69) is 29.0 Å². The number of nitrogen functional groups attached to an aromatic ring is 1. The van der Waals surface area contributed by atoms with Gasteiger partial charge >= 0.3 is 196 Å². The van der Waals surface area contributed by atoms with Crippen molar-refractivity contribution in [2.45, 2.75) is 29.4 Å². The Bertz CT molecular complexity index is 1180. The van der Waals surface area contributed by atoms with E-state index in [4.69, 9.17) is 11.3 Å². The van der Waals surface area contributed by atoms with E-state index in [1.54, 1.807) is 29.8 Å². The summed E-state index contributed by atoms with van der Waals surface area (Å²) in [6.45, 7) is 2.27. The van der Waals surface area contributed by atoms with Gasteiger partial charge in [-0.1, -0.05) is 0 Å². The van der Waals surface area contributed by atoms with Crippen molar-refractivity contribution in [2.24, 2.45) is 5.11 Å². The van der Waals surface area contributed by atoms with Crippen molar-refractivity contribution in [3.63, 3.8) is 0 Å². The first-order chi connectivity index (χ1) is 16.2. The molecule has 1 fully saturated rings. The van der Waals surface area contributed by atoms with Gasteiger partial charge in [-0.15, -0.1) is 0 Å². The molecule has 0 saturated carbocycles. The number of piperidine rings is 1. The fourth-order valence-corrected chi connectivity index (χ4v) is 6.24. The molecule has 0 aromatic carbocycles. The van der Waals surface area contributed by atoms with E-state index in [9.17, 15) is 8.78 Å². The van der Waals surface area contributed by atoms with E-state index in [0.29, 0.717) is 29.3 Å². The molecule has 0 amide bonds. The zero-order valence-electron chi connectivity index (χ0n) is 18.6. The third-order valence-corrected chi connectivity index (χ3v) is 8.97. The fourth-order valence-electron chi connectivity index (χ4n) is 3.92. The van der Waals surface area contributed by atoms with E-state index in [1.807, 2.05) is 11.9 Å². The molecule has 34 heavy (non-hydrogen) atoms. The number of halogens is 4. The van der Waals surface area contributed by atoms with E-state index in [1.165, 1.54) is 6.07 Å². The standard InChI is InChI=1S/C20H25F3IN10/c1-20(23)10-33(2)7-6-14(20)24-30-19-29-17(25)16-11(5-8-34(16)32-19)12-3-4-13(31-26)18(28-12)27-9-15(21)22/h3-5,8,14-15,26H,6-7,9-10H2,1-2H3,(H,27,28)(H3,25,29,30,32)/q-1. The van der Waals surface area contributed by atoms with Gasteiger partial charge in [0, 0.05) is 0 Å². The summed E-state index contributed by atoms with van der Waals surface area (Å²) in [6.07, 6.45) is -0.122. The molecule has 10 nitrogen and oxygen atoms in total. The van der Waals surface area contributed by atoms with Gasteiger partial charge < -0.3 is 0 Å². The van der Waals surface area contributed by atoms with Crippen LogP contribution in [0.15, 0.2) is 29.5 Å². The van der Waals surface area contributed by atoms with Crippen LogP contribution in [-0.4, -0.2) is 67.2 Å². The molecule has 184 valence electrons. The van der Waals surface area contributed by atoms with Crippen molar-refractivity contribution in [1.82, 2.24) is 24.5 Å². The van der Waals surface area contributed by atoms with Crippen LogP contribution in [0.25, 0.3) is 16.8 Å². The molecule has 4 heterocycles. The van der Waals surface area contributed by atoms with Crippen LogP contribution in [-0.2, 0) is 0 Å². The number of nitrogens with zero attached hydrogens (tertiary/aromatic N) is 6. The molecular weight excluding hydrogens is 564 g/mol. The van der Waals surface area contributed by atoms with Crippen molar-refractivity contribution in [1.29, 1.82) is 5.53 Å². The topological polar surface area (TPSA) is 133 Å². The first-order valence-corrected chi connectivity index (χ1v) is 12.8. The molecule has 0 bridgehead atoms. The zero-order chi connectivity index (χ0) is 24.5. The van der Waals surface area contributed by atoms with Crippen LogP contribution in [0, 0.1) is 5.53 Å². The summed E-state index contributed by atoms with van der Waals surface area (Å²) in [7, 11) is 1.92. The molecule has 5 N–H and O–H groups in total. The van der Waals surface area contributed by atoms with Gasteiger partial charge in [0.15, 0.2) is 0 Å². The Morgan fingerprint density at radius 2 is 2.15 bits per heavy atom. The second kappa shape index (κ2) is 9.85. The van der Waals surface area contributed by atoms with Crippen LogP contribution in [0.1, 0.15) is 13.3 Å². The van der Waals surface area contributed by atoms with E-state index < -0.39 is 40.1 Å². The zero-order valence-corrected chi connectivity index (χ0v) is 20.7. The third-order valence-electron chi connectivity index (χ3n) is 5.50. The summed E-state index contributed by atoms with van der Waals surface area (Å²) in [5.41, 5.74) is 13.9. The Kier molecular flexibility index (Phi) is 7.06.